The van der Waals surface area contributed by atoms with Gasteiger partial charge in [-0.25, -0.2) is 0 Å². The molecule has 2 heterocycles. The first kappa shape index (κ1) is 44.2. The van der Waals surface area contributed by atoms with Crippen molar-refractivity contribution in [2.24, 2.45) is 0 Å². The number of nitrogen functional groups attached to an aromatic ring is 1. The van der Waals surface area contributed by atoms with Gasteiger partial charge in [-0.15, -0.1) is 0 Å². The summed E-state index contributed by atoms with van der Waals surface area (Å²) in [5.74, 6) is -0.798. The number of aromatic nitrogens is 1. The van der Waals surface area contributed by atoms with E-state index in [9.17, 15) is 24.0 Å². The standard InChI is InChI=1S/C43H61N9O5/c1-30(35-12-6-7-13-36(35)44)27-38-31(2)42(32(3)49-38)48-18-10-22-52-25-23-51(24-26-52)21-9-15-40(56)47-20-19-46-37-14-8-11-33(28-53)41(37)43(57)50(5)34(29-54)16-17-39(55)45-4/h6-8,11-14,27-29,34,46,48-49H,9-10,15-26,44H2,1-5H3,(H,45,55)(H,47,56)/b30-27+. The molecule has 1 aliphatic heterocycles. The third kappa shape index (κ3) is 12.8. The van der Waals surface area contributed by atoms with E-state index >= 15 is 0 Å². The second-order valence-electron chi connectivity index (χ2n) is 14.6. The Bertz CT molecular complexity index is 1860. The van der Waals surface area contributed by atoms with Crippen LogP contribution in [0.1, 0.15) is 82.3 Å². The van der Waals surface area contributed by atoms with Gasteiger partial charge in [0.1, 0.15) is 6.29 Å². The van der Waals surface area contributed by atoms with Gasteiger partial charge in [0, 0.05) is 107 Å². The molecular formula is C43H61N9O5. The SMILES string of the molecule is CNC(=O)CCC(C=O)N(C)C(=O)c1c(C=O)cccc1NCCNC(=O)CCCN1CCN(CCCNc2c(C)[nH]c(/C=C(\C)c3ccccc3N)c2C)CC1. The Morgan fingerprint density at radius 2 is 1.60 bits per heavy atom. The minimum Gasteiger partial charge on any atom is -0.398 e. The molecule has 0 saturated carbocycles. The van der Waals surface area contributed by atoms with Crippen LogP contribution in [0.4, 0.5) is 17.1 Å². The molecule has 57 heavy (non-hydrogen) atoms. The molecule has 2 aromatic carbocycles. The summed E-state index contributed by atoms with van der Waals surface area (Å²) in [5.41, 5.74) is 14.5. The highest BCUT2D eigenvalue weighted by Gasteiger charge is 2.26. The van der Waals surface area contributed by atoms with Crippen LogP contribution in [0.3, 0.4) is 0 Å². The molecule has 1 unspecified atom stereocenters. The Balaban J connectivity index is 1.12. The van der Waals surface area contributed by atoms with Gasteiger partial charge in [-0.2, -0.15) is 0 Å². The lowest BCUT2D eigenvalue weighted by molar-refractivity contribution is -0.122. The van der Waals surface area contributed by atoms with Gasteiger partial charge >= 0.3 is 0 Å². The number of carbonyl (C=O) groups excluding carboxylic acids is 5. The topological polar surface area (TPSA) is 185 Å². The van der Waals surface area contributed by atoms with Crippen LogP contribution in [-0.4, -0.2) is 129 Å². The molecular weight excluding hydrogens is 723 g/mol. The molecule has 3 aromatic rings. The van der Waals surface area contributed by atoms with Crippen LogP contribution in [0.15, 0.2) is 42.5 Å². The van der Waals surface area contributed by atoms with Crippen molar-refractivity contribution in [1.82, 2.24) is 30.3 Å². The number of allylic oxidation sites excluding steroid dienone is 1. The Labute approximate surface area is 337 Å². The van der Waals surface area contributed by atoms with Crippen molar-refractivity contribution >= 4 is 59.0 Å². The molecule has 1 atom stereocenters. The Morgan fingerprint density at radius 3 is 2.26 bits per heavy atom. The number of hydrogen-bond donors (Lipinski definition) is 6. The zero-order chi connectivity index (χ0) is 41.3. The number of para-hydroxylation sites is 1. The van der Waals surface area contributed by atoms with Crippen LogP contribution in [0.25, 0.3) is 11.6 Å². The molecule has 14 nitrogen and oxygen atoms in total. The summed E-state index contributed by atoms with van der Waals surface area (Å²) in [6, 6.07) is 12.0. The average molecular weight is 784 g/mol. The Morgan fingerprint density at radius 1 is 0.895 bits per heavy atom. The van der Waals surface area contributed by atoms with E-state index < -0.39 is 11.9 Å². The number of amides is 3. The molecule has 1 saturated heterocycles. The van der Waals surface area contributed by atoms with Crippen molar-refractivity contribution in [3.63, 3.8) is 0 Å². The lowest BCUT2D eigenvalue weighted by Gasteiger charge is -2.34. The quantitative estimate of drug-likeness (QED) is 0.0491. The van der Waals surface area contributed by atoms with Gasteiger partial charge < -0.3 is 51.5 Å². The molecule has 0 aliphatic carbocycles. The van der Waals surface area contributed by atoms with Crippen molar-refractivity contribution in [1.29, 1.82) is 0 Å². The van der Waals surface area contributed by atoms with Crippen LogP contribution in [-0.2, 0) is 14.4 Å². The summed E-state index contributed by atoms with van der Waals surface area (Å²) >= 11 is 0. The molecule has 0 spiro atoms. The maximum Gasteiger partial charge on any atom is 0.257 e. The predicted octanol–water partition coefficient (Wildman–Crippen LogP) is 4.18. The summed E-state index contributed by atoms with van der Waals surface area (Å²) in [4.78, 5) is 71.0. The lowest BCUT2D eigenvalue weighted by atomic mass is 10.0. The van der Waals surface area contributed by atoms with Gasteiger partial charge in [0.25, 0.3) is 5.91 Å². The third-order valence-electron chi connectivity index (χ3n) is 10.6. The highest BCUT2D eigenvalue weighted by atomic mass is 16.2. The zero-order valence-corrected chi connectivity index (χ0v) is 34.2. The van der Waals surface area contributed by atoms with Crippen LogP contribution in [0.5, 0.6) is 0 Å². The molecule has 0 bridgehead atoms. The van der Waals surface area contributed by atoms with E-state index in [4.69, 9.17) is 5.73 Å². The summed E-state index contributed by atoms with van der Waals surface area (Å²) in [7, 11) is 2.98. The molecule has 7 N–H and O–H groups in total. The smallest absolute Gasteiger partial charge is 0.257 e. The Kier molecular flexibility index (Phi) is 17.3. The molecule has 14 heteroatoms. The van der Waals surface area contributed by atoms with Gasteiger partial charge in [-0.3, -0.25) is 19.2 Å². The zero-order valence-electron chi connectivity index (χ0n) is 34.2. The van der Waals surface area contributed by atoms with Crippen molar-refractivity contribution in [2.45, 2.75) is 58.9 Å². The monoisotopic (exact) mass is 783 g/mol. The maximum atomic E-state index is 13.4. The number of likely N-dealkylation sites (N-methyl/N-ethyl adjacent to an activating group) is 1. The van der Waals surface area contributed by atoms with E-state index in [0.29, 0.717) is 37.8 Å². The third-order valence-corrected chi connectivity index (χ3v) is 10.6. The van der Waals surface area contributed by atoms with E-state index in [1.165, 1.54) is 30.6 Å². The fraction of sp³-hybridized carbons (Fsp3) is 0.465. The molecule has 3 amide bonds. The van der Waals surface area contributed by atoms with Gasteiger partial charge in [0.05, 0.1) is 17.3 Å². The number of benzene rings is 2. The summed E-state index contributed by atoms with van der Waals surface area (Å²) < 4.78 is 0. The van der Waals surface area contributed by atoms with E-state index in [1.807, 2.05) is 24.3 Å². The number of aldehydes is 2. The van der Waals surface area contributed by atoms with Gasteiger partial charge in [-0.05, 0) is 82.5 Å². The van der Waals surface area contributed by atoms with Crippen molar-refractivity contribution < 1.29 is 24.0 Å². The van der Waals surface area contributed by atoms with Crippen LogP contribution < -0.4 is 27.0 Å². The van der Waals surface area contributed by atoms with E-state index in [0.717, 1.165) is 92.6 Å². The normalized spacial score (nSPS) is 14.1. The summed E-state index contributed by atoms with van der Waals surface area (Å²) in [5, 5.41) is 12.2. The van der Waals surface area contributed by atoms with Crippen LogP contribution >= 0.6 is 0 Å². The van der Waals surface area contributed by atoms with Crippen LogP contribution in [0, 0.1) is 13.8 Å². The molecule has 0 radical (unpaired) electrons. The average Bonchev–Trinajstić information content (AvgIpc) is 3.48. The van der Waals surface area contributed by atoms with E-state index in [-0.39, 0.29) is 35.8 Å². The number of nitrogens with two attached hydrogens (primary N) is 1. The fourth-order valence-corrected chi connectivity index (χ4v) is 7.18. The van der Waals surface area contributed by atoms with E-state index in [1.54, 1.807) is 12.1 Å². The minimum absolute atomic E-state index is 0.0439. The number of aromatic amines is 1. The largest absolute Gasteiger partial charge is 0.398 e. The number of H-pyrrole nitrogens is 1. The van der Waals surface area contributed by atoms with Crippen molar-refractivity contribution in [3.05, 3.63) is 76.1 Å². The maximum absolute atomic E-state index is 13.4. The summed E-state index contributed by atoms with van der Waals surface area (Å²) in [6.45, 7) is 13.8. The van der Waals surface area contributed by atoms with Gasteiger partial charge in [0.15, 0.2) is 6.29 Å². The number of rotatable bonds is 22. The predicted molar refractivity (Wildman–Crippen MR) is 228 cm³/mol. The first-order valence-corrected chi connectivity index (χ1v) is 19.9. The number of hydrogen-bond acceptors (Lipinski definition) is 10. The van der Waals surface area contributed by atoms with E-state index in [2.05, 4.69) is 62.9 Å². The van der Waals surface area contributed by atoms with Gasteiger partial charge in [0.2, 0.25) is 11.8 Å². The number of nitrogens with one attached hydrogen (secondary N) is 5. The molecule has 1 aliphatic rings. The minimum atomic E-state index is -0.836. The van der Waals surface area contributed by atoms with Crippen LogP contribution in [0.2, 0.25) is 0 Å². The lowest BCUT2D eigenvalue weighted by Crippen LogP contribution is -2.47. The second-order valence-corrected chi connectivity index (χ2v) is 14.6. The molecule has 308 valence electrons. The Hall–Kier alpha value is -5.47. The highest BCUT2D eigenvalue weighted by Crippen LogP contribution is 2.29. The number of anilines is 3. The first-order valence-electron chi connectivity index (χ1n) is 19.9. The molecule has 4 rings (SSSR count). The fourth-order valence-electron chi connectivity index (χ4n) is 7.18. The molecule has 1 fully saturated rings. The molecule has 1 aromatic heterocycles. The second kappa shape index (κ2) is 22.3. The summed E-state index contributed by atoms with van der Waals surface area (Å²) in [6.07, 6.45) is 5.84. The number of piperazine rings is 1. The highest BCUT2D eigenvalue weighted by molar-refractivity contribution is 6.06. The number of carbonyl (C=O) groups is 5. The van der Waals surface area contributed by atoms with Crippen molar-refractivity contribution in [3.8, 4) is 0 Å². The van der Waals surface area contributed by atoms with Crippen molar-refractivity contribution in [2.75, 3.05) is 89.4 Å². The number of aryl methyl sites for hydroxylation is 1. The number of nitrogens with zero attached hydrogens (tertiary/aromatic N) is 3. The first-order chi connectivity index (χ1) is 27.5. The van der Waals surface area contributed by atoms with Gasteiger partial charge in [-0.1, -0.05) is 30.3 Å².